The maximum Gasteiger partial charge on any atom is 0.140 e. The van der Waals surface area contributed by atoms with Crippen molar-refractivity contribution in [3.05, 3.63) is 41.3 Å². The number of aryl methyl sites for hydroxylation is 1. The number of rotatable bonds is 3. The molecule has 2 N–H and O–H groups in total. The summed E-state index contributed by atoms with van der Waals surface area (Å²) in [6.45, 7) is 2.62. The number of hydrogen-bond acceptors (Lipinski definition) is 4. The van der Waals surface area contributed by atoms with Crippen LogP contribution < -0.4 is 5.73 Å². The molecule has 0 spiro atoms. The smallest absolute Gasteiger partial charge is 0.140 e. The summed E-state index contributed by atoms with van der Waals surface area (Å²) in [7, 11) is 0. The summed E-state index contributed by atoms with van der Waals surface area (Å²) in [6.07, 6.45) is 2.82. The summed E-state index contributed by atoms with van der Waals surface area (Å²) in [5.41, 5.74) is 8.51. The zero-order chi connectivity index (χ0) is 12.5. The Morgan fingerprint density at radius 3 is 3.00 bits per heavy atom. The number of fused-ring (bicyclic) bond motifs is 1. The van der Waals surface area contributed by atoms with E-state index >= 15 is 0 Å². The van der Waals surface area contributed by atoms with Crippen LogP contribution in [0.3, 0.4) is 0 Å². The summed E-state index contributed by atoms with van der Waals surface area (Å²) in [4.78, 5) is 10.4. The van der Waals surface area contributed by atoms with Crippen molar-refractivity contribution < 1.29 is 0 Å². The lowest BCUT2D eigenvalue weighted by atomic mass is 10.3. The average Bonchev–Trinajstić information content (AvgIpc) is 2.97. The molecule has 5 heteroatoms. The monoisotopic (exact) mass is 258 g/mol. The van der Waals surface area contributed by atoms with E-state index in [1.165, 1.54) is 4.88 Å². The molecule has 0 atom stereocenters. The van der Waals surface area contributed by atoms with Gasteiger partial charge >= 0.3 is 0 Å². The average molecular weight is 258 g/mol. The fourth-order valence-electron chi connectivity index (χ4n) is 2.01. The standard InChI is InChI=1S/C13H14N4S/c1-9-15-11(12-3-2-6-18-12)7-13-16-10(4-5-14)8-17(9)13/h2-3,6-8H,4-5,14H2,1H3. The lowest BCUT2D eigenvalue weighted by Crippen LogP contribution is -2.02. The molecule has 0 unspecified atom stereocenters. The molecule has 0 aromatic carbocycles. The molecule has 0 bridgehead atoms. The fourth-order valence-corrected chi connectivity index (χ4v) is 2.69. The molecule has 0 aliphatic rings. The van der Waals surface area contributed by atoms with E-state index in [0.29, 0.717) is 6.54 Å². The molecule has 0 fully saturated rings. The van der Waals surface area contributed by atoms with Crippen molar-refractivity contribution in [3.63, 3.8) is 0 Å². The highest BCUT2D eigenvalue weighted by atomic mass is 32.1. The van der Waals surface area contributed by atoms with Gasteiger partial charge in [0.15, 0.2) is 0 Å². The molecule has 4 nitrogen and oxygen atoms in total. The molecular formula is C13H14N4S. The van der Waals surface area contributed by atoms with Gasteiger partial charge in [0.2, 0.25) is 0 Å². The molecule has 3 rings (SSSR count). The first-order valence-corrected chi connectivity index (χ1v) is 6.75. The molecule has 3 aromatic heterocycles. The Morgan fingerprint density at radius 1 is 1.39 bits per heavy atom. The molecular weight excluding hydrogens is 244 g/mol. The zero-order valence-electron chi connectivity index (χ0n) is 10.1. The van der Waals surface area contributed by atoms with Crippen molar-refractivity contribution in [2.24, 2.45) is 5.73 Å². The van der Waals surface area contributed by atoms with Crippen LogP contribution in [0.2, 0.25) is 0 Å². The summed E-state index contributed by atoms with van der Waals surface area (Å²) < 4.78 is 2.02. The minimum Gasteiger partial charge on any atom is -0.330 e. The third-order valence-corrected chi connectivity index (χ3v) is 3.75. The SMILES string of the molecule is Cc1nc(-c2cccs2)cc2nc(CCN)cn12. The Labute approximate surface area is 109 Å². The third-order valence-electron chi connectivity index (χ3n) is 2.85. The minimum absolute atomic E-state index is 0.619. The van der Waals surface area contributed by atoms with Gasteiger partial charge in [-0.3, -0.25) is 4.40 Å². The lowest BCUT2D eigenvalue weighted by Gasteiger charge is -2.02. The van der Waals surface area contributed by atoms with Crippen LogP contribution in [0.1, 0.15) is 11.5 Å². The van der Waals surface area contributed by atoms with E-state index < -0.39 is 0 Å². The van der Waals surface area contributed by atoms with Gasteiger partial charge in [-0.25, -0.2) is 9.97 Å². The third kappa shape index (κ3) is 1.91. The van der Waals surface area contributed by atoms with Crippen LogP contribution in [0.4, 0.5) is 0 Å². The van der Waals surface area contributed by atoms with Crippen LogP contribution in [0.5, 0.6) is 0 Å². The fraction of sp³-hybridized carbons (Fsp3) is 0.231. The molecule has 3 aromatic rings. The largest absolute Gasteiger partial charge is 0.330 e. The predicted molar refractivity (Wildman–Crippen MR) is 73.8 cm³/mol. The topological polar surface area (TPSA) is 56.2 Å². The van der Waals surface area contributed by atoms with E-state index in [2.05, 4.69) is 21.4 Å². The second-order valence-corrected chi connectivity index (χ2v) is 5.11. The summed E-state index contributed by atoms with van der Waals surface area (Å²) >= 11 is 1.69. The normalized spacial score (nSPS) is 11.2. The van der Waals surface area contributed by atoms with Gasteiger partial charge in [0.25, 0.3) is 0 Å². The van der Waals surface area contributed by atoms with Gasteiger partial charge in [-0.15, -0.1) is 11.3 Å². The number of nitrogens with zero attached hydrogens (tertiary/aromatic N) is 3. The van der Waals surface area contributed by atoms with Crippen LogP contribution in [0.15, 0.2) is 29.8 Å². The van der Waals surface area contributed by atoms with Crippen molar-refractivity contribution in [1.82, 2.24) is 14.4 Å². The summed E-state index contributed by atoms with van der Waals surface area (Å²) in [5.74, 6) is 0.951. The first-order chi connectivity index (χ1) is 8.78. The van der Waals surface area contributed by atoms with Crippen LogP contribution in [-0.4, -0.2) is 20.9 Å². The van der Waals surface area contributed by atoms with Crippen molar-refractivity contribution in [2.75, 3.05) is 6.54 Å². The Bertz CT molecular complexity index is 670. The van der Waals surface area contributed by atoms with E-state index in [1.807, 2.05) is 29.7 Å². The molecule has 0 amide bonds. The Balaban J connectivity index is 2.14. The molecule has 0 saturated heterocycles. The molecule has 3 heterocycles. The summed E-state index contributed by atoms with van der Waals surface area (Å²) in [5, 5.41) is 2.06. The van der Waals surface area contributed by atoms with E-state index in [1.54, 1.807) is 11.3 Å². The second-order valence-electron chi connectivity index (χ2n) is 4.17. The van der Waals surface area contributed by atoms with Gasteiger partial charge in [0.05, 0.1) is 16.3 Å². The Morgan fingerprint density at radius 2 is 2.28 bits per heavy atom. The van der Waals surface area contributed by atoms with Crippen molar-refractivity contribution >= 4 is 17.0 Å². The highest BCUT2D eigenvalue weighted by Crippen LogP contribution is 2.24. The van der Waals surface area contributed by atoms with E-state index in [0.717, 1.165) is 29.3 Å². The van der Waals surface area contributed by atoms with Crippen LogP contribution in [0, 0.1) is 6.92 Å². The molecule has 0 saturated carbocycles. The number of aromatic nitrogens is 3. The molecule has 0 aliphatic heterocycles. The van der Waals surface area contributed by atoms with Crippen LogP contribution in [-0.2, 0) is 6.42 Å². The molecule has 0 radical (unpaired) electrons. The zero-order valence-corrected chi connectivity index (χ0v) is 10.9. The molecule has 92 valence electrons. The van der Waals surface area contributed by atoms with Gasteiger partial charge in [0, 0.05) is 18.7 Å². The highest BCUT2D eigenvalue weighted by molar-refractivity contribution is 7.13. The van der Waals surface area contributed by atoms with Gasteiger partial charge in [-0.05, 0) is 24.9 Å². The highest BCUT2D eigenvalue weighted by Gasteiger charge is 2.08. The van der Waals surface area contributed by atoms with Gasteiger partial charge in [-0.1, -0.05) is 6.07 Å². The van der Waals surface area contributed by atoms with Gasteiger partial charge in [-0.2, -0.15) is 0 Å². The lowest BCUT2D eigenvalue weighted by molar-refractivity contribution is 0.933. The maximum absolute atomic E-state index is 5.56. The Hall–Kier alpha value is -1.72. The van der Waals surface area contributed by atoms with Crippen molar-refractivity contribution in [2.45, 2.75) is 13.3 Å². The first-order valence-electron chi connectivity index (χ1n) is 5.87. The maximum atomic E-state index is 5.56. The number of imidazole rings is 1. The molecule has 0 aliphatic carbocycles. The molecule has 18 heavy (non-hydrogen) atoms. The van der Waals surface area contributed by atoms with Crippen molar-refractivity contribution in [1.29, 1.82) is 0 Å². The quantitative estimate of drug-likeness (QED) is 0.784. The number of thiophene rings is 1. The predicted octanol–water partition coefficient (Wildman–Crippen LogP) is 2.27. The number of hydrogen-bond donors (Lipinski definition) is 1. The van der Waals surface area contributed by atoms with E-state index in [4.69, 9.17) is 5.73 Å². The van der Waals surface area contributed by atoms with Crippen molar-refractivity contribution in [3.8, 4) is 10.6 Å². The van der Waals surface area contributed by atoms with Gasteiger partial charge in [0.1, 0.15) is 11.5 Å². The van der Waals surface area contributed by atoms with E-state index in [-0.39, 0.29) is 0 Å². The van der Waals surface area contributed by atoms with E-state index in [9.17, 15) is 0 Å². The first kappa shape index (κ1) is 11.4. The van der Waals surface area contributed by atoms with Crippen LogP contribution >= 0.6 is 11.3 Å². The van der Waals surface area contributed by atoms with Crippen LogP contribution in [0.25, 0.3) is 16.2 Å². The summed E-state index contributed by atoms with van der Waals surface area (Å²) in [6, 6.07) is 6.14. The van der Waals surface area contributed by atoms with Gasteiger partial charge < -0.3 is 5.73 Å². The minimum atomic E-state index is 0.619. The second kappa shape index (κ2) is 4.51. The number of nitrogens with two attached hydrogens (primary N) is 1. The Kier molecular flexibility index (Phi) is 2.85.